The minimum absolute atomic E-state index is 0.452. The number of amides is 2. The van der Waals surface area contributed by atoms with Gasteiger partial charge in [0, 0.05) is 35.2 Å². The van der Waals surface area contributed by atoms with E-state index in [0.29, 0.717) is 0 Å². The summed E-state index contributed by atoms with van der Waals surface area (Å²) < 4.78 is 57.1. The average molecular weight is 791 g/mol. The van der Waals surface area contributed by atoms with Gasteiger partial charge in [0.05, 0.1) is 26.4 Å². The van der Waals surface area contributed by atoms with E-state index in [1.807, 2.05) is 0 Å². The molecule has 0 spiro atoms. The number of aliphatic hydroxyl groups is 9. The standard InChI is InChI=1S/C31H54N2O21/c1-10(36)32-16-21(41)18(38)12(6-34)51-29(16)48-8-14-20(40)23(43)25(54-30-17(33-11(2)37)22(42)19(39)13(7-35)52-30)31(53-14)49-9-15-24(45-3)26(46-4)27(47-5)28(44)50-15/h12-31,34-35,38-44H,6-9H2,1-5H3,(H,32,36)(H,33,37)/t12-,13-,14-,15-,16-,17-,18-,19-,20-,21-,22-,23+,24-,25+,26+,27-,28?,29-,30+,31+/m1/s1. The molecule has 1 unspecified atom stereocenters. The maximum absolute atomic E-state index is 12.0. The van der Waals surface area contributed by atoms with Crippen LogP contribution >= 0.6 is 0 Å². The molecule has 314 valence electrons. The molecule has 4 fully saturated rings. The lowest BCUT2D eigenvalue weighted by atomic mass is 9.95. The summed E-state index contributed by atoms with van der Waals surface area (Å²) in [6, 6.07) is -2.82. The molecule has 0 aliphatic carbocycles. The van der Waals surface area contributed by atoms with Crippen molar-refractivity contribution in [3.63, 3.8) is 0 Å². The molecule has 4 aliphatic rings. The molecule has 0 saturated carbocycles. The third-order valence-electron chi connectivity index (χ3n) is 9.71. The Morgan fingerprint density at radius 2 is 0.963 bits per heavy atom. The van der Waals surface area contributed by atoms with Gasteiger partial charge in [-0.05, 0) is 0 Å². The Labute approximate surface area is 309 Å². The van der Waals surface area contributed by atoms with Crippen LogP contribution in [-0.4, -0.2) is 228 Å². The Hall–Kier alpha value is -1.82. The quantitative estimate of drug-likeness (QED) is 0.0734. The van der Waals surface area contributed by atoms with Gasteiger partial charge >= 0.3 is 0 Å². The molecule has 4 aliphatic heterocycles. The van der Waals surface area contributed by atoms with E-state index in [9.17, 15) is 55.5 Å². The van der Waals surface area contributed by atoms with Crippen LogP contribution in [0, 0.1) is 0 Å². The molecule has 11 N–H and O–H groups in total. The molecule has 54 heavy (non-hydrogen) atoms. The Balaban J connectivity index is 1.61. The summed E-state index contributed by atoms with van der Waals surface area (Å²) in [5.74, 6) is -1.29. The van der Waals surface area contributed by atoms with Crippen molar-refractivity contribution in [2.24, 2.45) is 0 Å². The van der Waals surface area contributed by atoms with Gasteiger partial charge in [-0.2, -0.15) is 0 Å². The molecule has 23 heteroatoms. The number of nitrogens with one attached hydrogen (secondary N) is 2. The molecule has 4 heterocycles. The number of ether oxygens (including phenoxy) is 10. The second-order valence-corrected chi connectivity index (χ2v) is 13.3. The fourth-order valence-corrected chi connectivity index (χ4v) is 6.89. The number of hydrogen-bond acceptors (Lipinski definition) is 21. The Morgan fingerprint density at radius 1 is 0.519 bits per heavy atom. The smallest absolute Gasteiger partial charge is 0.217 e. The van der Waals surface area contributed by atoms with Gasteiger partial charge in [-0.3, -0.25) is 9.59 Å². The lowest BCUT2D eigenvalue weighted by Gasteiger charge is -2.48. The van der Waals surface area contributed by atoms with Crippen LogP contribution in [-0.2, 0) is 57.0 Å². The maximum atomic E-state index is 12.0. The lowest BCUT2D eigenvalue weighted by molar-refractivity contribution is -0.367. The summed E-state index contributed by atoms with van der Waals surface area (Å²) in [7, 11) is 4.05. The molecular weight excluding hydrogens is 736 g/mol. The van der Waals surface area contributed by atoms with Crippen molar-refractivity contribution in [3.8, 4) is 0 Å². The summed E-state index contributed by atoms with van der Waals surface area (Å²) >= 11 is 0. The molecule has 0 aromatic rings. The van der Waals surface area contributed by atoms with E-state index < -0.39 is 161 Å². The third kappa shape index (κ3) is 10.00. The first kappa shape index (κ1) is 44.9. The van der Waals surface area contributed by atoms with Gasteiger partial charge in [-0.15, -0.1) is 0 Å². The van der Waals surface area contributed by atoms with Crippen molar-refractivity contribution in [1.82, 2.24) is 10.6 Å². The van der Waals surface area contributed by atoms with Crippen molar-refractivity contribution in [3.05, 3.63) is 0 Å². The molecular formula is C31H54N2O21. The number of methoxy groups -OCH3 is 3. The molecule has 2 amide bonds. The van der Waals surface area contributed by atoms with E-state index in [1.165, 1.54) is 21.3 Å². The van der Waals surface area contributed by atoms with Crippen LogP contribution in [0.25, 0.3) is 0 Å². The first-order chi connectivity index (χ1) is 25.6. The number of aliphatic hydroxyl groups excluding tert-OH is 9. The van der Waals surface area contributed by atoms with Crippen molar-refractivity contribution in [2.75, 3.05) is 47.8 Å². The largest absolute Gasteiger partial charge is 0.394 e. The van der Waals surface area contributed by atoms with Crippen LogP contribution in [0.1, 0.15) is 13.8 Å². The minimum atomic E-state index is -1.92. The predicted molar refractivity (Wildman–Crippen MR) is 171 cm³/mol. The summed E-state index contributed by atoms with van der Waals surface area (Å²) in [5, 5.41) is 99.9. The second kappa shape index (κ2) is 20.0. The molecule has 23 nitrogen and oxygen atoms in total. The number of rotatable bonds is 15. The Kier molecular flexibility index (Phi) is 16.7. The van der Waals surface area contributed by atoms with Crippen molar-refractivity contribution >= 4 is 11.8 Å². The summed E-state index contributed by atoms with van der Waals surface area (Å²) in [5.41, 5.74) is 0. The fraction of sp³-hybridized carbons (Fsp3) is 0.935. The molecule has 0 radical (unpaired) electrons. The first-order valence-corrected chi connectivity index (χ1v) is 17.2. The number of carbonyl (C=O) groups is 2. The highest BCUT2D eigenvalue weighted by Gasteiger charge is 2.54. The van der Waals surface area contributed by atoms with Gasteiger partial charge in [0.15, 0.2) is 25.2 Å². The van der Waals surface area contributed by atoms with Crippen LogP contribution in [0.3, 0.4) is 0 Å². The molecule has 0 aromatic heterocycles. The first-order valence-electron chi connectivity index (χ1n) is 17.2. The number of carbonyl (C=O) groups excluding carboxylic acids is 2. The van der Waals surface area contributed by atoms with Crippen LogP contribution in [0.4, 0.5) is 0 Å². The van der Waals surface area contributed by atoms with E-state index in [-0.39, 0.29) is 0 Å². The van der Waals surface area contributed by atoms with Gasteiger partial charge in [-0.25, -0.2) is 0 Å². The molecule has 20 atom stereocenters. The topological polar surface area (TPSA) is 333 Å². The zero-order valence-corrected chi connectivity index (χ0v) is 30.3. The highest BCUT2D eigenvalue weighted by Crippen LogP contribution is 2.33. The monoisotopic (exact) mass is 790 g/mol. The van der Waals surface area contributed by atoms with Gasteiger partial charge < -0.3 is 104 Å². The van der Waals surface area contributed by atoms with Gasteiger partial charge in [0.2, 0.25) is 11.8 Å². The summed E-state index contributed by atoms with van der Waals surface area (Å²) in [4.78, 5) is 23.9. The van der Waals surface area contributed by atoms with E-state index in [4.69, 9.17) is 47.4 Å². The van der Waals surface area contributed by atoms with E-state index in [1.54, 1.807) is 0 Å². The van der Waals surface area contributed by atoms with Crippen LogP contribution < -0.4 is 10.6 Å². The second-order valence-electron chi connectivity index (χ2n) is 13.3. The molecule has 4 saturated heterocycles. The third-order valence-corrected chi connectivity index (χ3v) is 9.71. The van der Waals surface area contributed by atoms with Crippen molar-refractivity contribution in [2.45, 2.75) is 137 Å². The molecule has 0 aromatic carbocycles. The maximum Gasteiger partial charge on any atom is 0.217 e. The Morgan fingerprint density at radius 3 is 1.46 bits per heavy atom. The normalized spacial score (nSPS) is 45.8. The van der Waals surface area contributed by atoms with Crippen molar-refractivity contribution < 1.29 is 103 Å². The van der Waals surface area contributed by atoms with Gasteiger partial charge in [-0.1, -0.05) is 0 Å². The van der Waals surface area contributed by atoms with Crippen LogP contribution in [0.2, 0.25) is 0 Å². The Bertz CT molecular complexity index is 1190. The summed E-state index contributed by atoms with van der Waals surface area (Å²) in [6.45, 7) is -0.337. The van der Waals surface area contributed by atoms with Crippen molar-refractivity contribution in [1.29, 1.82) is 0 Å². The highest BCUT2D eigenvalue weighted by atomic mass is 16.8. The number of hydrogen-bond donors (Lipinski definition) is 11. The average Bonchev–Trinajstić information content (AvgIpc) is 3.13. The van der Waals surface area contributed by atoms with E-state index in [0.717, 1.165) is 13.8 Å². The zero-order chi connectivity index (χ0) is 40.0. The molecule has 4 rings (SSSR count). The predicted octanol–water partition coefficient (Wildman–Crippen LogP) is -7.50. The van der Waals surface area contributed by atoms with E-state index in [2.05, 4.69) is 10.6 Å². The van der Waals surface area contributed by atoms with Gasteiger partial charge in [0.1, 0.15) is 97.5 Å². The molecule has 0 bridgehead atoms. The summed E-state index contributed by atoms with van der Waals surface area (Å²) in [6.07, 6.45) is -26.6. The lowest BCUT2D eigenvalue weighted by Crippen LogP contribution is -2.68. The zero-order valence-electron chi connectivity index (χ0n) is 30.3. The van der Waals surface area contributed by atoms with Gasteiger partial charge in [0.25, 0.3) is 0 Å². The van der Waals surface area contributed by atoms with E-state index >= 15 is 0 Å². The highest BCUT2D eigenvalue weighted by molar-refractivity contribution is 5.73. The van der Waals surface area contributed by atoms with Crippen LogP contribution in [0.5, 0.6) is 0 Å². The SMILES string of the molecule is CO[C@H]1[C@H](OC)[C@@H](OC)C(O)O[C@@H]1CO[C@H]1O[C@H](CO[C@@H]2O[C@H](CO)[C@@H](O)[C@H](O)[C@H]2NC(C)=O)[C@@H](O)[C@H](O)[C@@H]1O[C@@H]1O[C@H](CO)[C@@H](O)[C@H](O)[C@H]1NC(C)=O. The van der Waals surface area contributed by atoms with Crippen LogP contribution in [0.15, 0.2) is 0 Å². The fourth-order valence-electron chi connectivity index (χ4n) is 6.89. The minimum Gasteiger partial charge on any atom is -0.394 e.